The summed E-state index contributed by atoms with van der Waals surface area (Å²) in [5.74, 6) is -2.27. The Morgan fingerprint density at radius 3 is 1.68 bits per heavy atom. The number of aryl methyl sites for hydroxylation is 2. The Hall–Kier alpha value is -2.84. The summed E-state index contributed by atoms with van der Waals surface area (Å²) in [4.78, 5) is 26.2. The van der Waals surface area contributed by atoms with Crippen LogP contribution >= 0.6 is 31.9 Å². The van der Waals surface area contributed by atoms with Gasteiger partial charge in [0.15, 0.2) is 5.60 Å². The number of rotatable bonds is 11. The van der Waals surface area contributed by atoms with Gasteiger partial charge in [0.2, 0.25) is 0 Å². The molecule has 0 bridgehead atoms. The maximum Gasteiger partial charge on any atom is 0.341 e. The van der Waals surface area contributed by atoms with E-state index in [9.17, 15) is 24.9 Å². The lowest BCUT2D eigenvalue weighted by molar-refractivity contribution is 0.0231. The number of esters is 1. The lowest BCUT2D eigenvalue weighted by Gasteiger charge is -2.36. The molecule has 1 heterocycles. The van der Waals surface area contributed by atoms with Gasteiger partial charge in [-0.15, -0.1) is 0 Å². The van der Waals surface area contributed by atoms with Crippen molar-refractivity contribution in [2.24, 2.45) is 0 Å². The molecule has 0 saturated heterocycles. The second kappa shape index (κ2) is 12.6. The van der Waals surface area contributed by atoms with Gasteiger partial charge in [-0.05, 0) is 98.0 Å². The molecule has 6 nitrogen and oxygen atoms in total. The molecule has 0 fully saturated rings. The molecule has 218 valence electrons. The summed E-state index contributed by atoms with van der Waals surface area (Å²) in [7, 11) is 0. The van der Waals surface area contributed by atoms with Gasteiger partial charge in [-0.25, -0.2) is 9.59 Å². The van der Waals surface area contributed by atoms with Crippen molar-refractivity contribution in [2.45, 2.75) is 84.7 Å². The van der Waals surface area contributed by atoms with E-state index in [-0.39, 0.29) is 22.6 Å². The number of phenols is 2. The highest BCUT2D eigenvalue weighted by Gasteiger charge is 2.55. The molecule has 3 aromatic rings. The first-order chi connectivity index (χ1) is 19.6. The van der Waals surface area contributed by atoms with Crippen molar-refractivity contribution in [3.8, 4) is 11.5 Å². The van der Waals surface area contributed by atoms with Crippen LogP contribution in [-0.2, 0) is 36.0 Å². The number of benzene rings is 3. The molecule has 1 aliphatic heterocycles. The number of cyclic esters (lactones) is 1. The molecule has 0 radical (unpaired) electrons. The number of carboxylic acids is 1. The molecule has 0 aromatic heterocycles. The maximum atomic E-state index is 13.8. The first kappa shape index (κ1) is 31.1. The topological polar surface area (TPSA) is 104 Å². The van der Waals surface area contributed by atoms with Crippen LogP contribution < -0.4 is 0 Å². The molecular weight excluding hydrogens is 652 g/mol. The summed E-state index contributed by atoms with van der Waals surface area (Å²) in [6.07, 6.45) is 5.82. The fraction of sp³-hybridized carbons (Fsp3) is 0.394. The van der Waals surface area contributed by atoms with Crippen molar-refractivity contribution in [3.63, 3.8) is 0 Å². The van der Waals surface area contributed by atoms with Gasteiger partial charge in [0.05, 0.1) is 31.2 Å². The van der Waals surface area contributed by atoms with Gasteiger partial charge in [0.25, 0.3) is 0 Å². The van der Waals surface area contributed by atoms with Crippen LogP contribution in [0.1, 0.15) is 113 Å². The molecule has 0 saturated carbocycles. The second-order valence-corrected chi connectivity index (χ2v) is 12.3. The summed E-state index contributed by atoms with van der Waals surface area (Å²) in [5, 5.41) is 33.8. The molecule has 0 amide bonds. The zero-order valence-corrected chi connectivity index (χ0v) is 27.0. The number of aromatic hydroxyl groups is 2. The van der Waals surface area contributed by atoms with Gasteiger partial charge in [0, 0.05) is 5.56 Å². The number of ether oxygens (including phenoxy) is 1. The van der Waals surface area contributed by atoms with Crippen LogP contribution in [-0.4, -0.2) is 27.3 Å². The normalized spacial score (nSPS) is 13.8. The van der Waals surface area contributed by atoms with E-state index in [2.05, 4.69) is 45.7 Å². The van der Waals surface area contributed by atoms with Gasteiger partial charge in [-0.1, -0.05) is 65.5 Å². The Morgan fingerprint density at radius 1 is 0.805 bits per heavy atom. The number of fused-ring (bicyclic) bond motifs is 1. The van der Waals surface area contributed by atoms with E-state index in [1.807, 2.05) is 26.0 Å². The minimum Gasteiger partial charge on any atom is -0.506 e. The zero-order valence-electron chi connectivity index (χ0n) is 23.9. The monoisotopic (exact) mass is 686 g/mol. The summed E-state index contributed by atoms with van der Waals surface area (Å²) in [6.45, 7) is 8.24. The third-order valence-electron chi connectivity index (χ3n) is 7.77. The van der Waals surface area contributed by atoms with E-state index in [0.29, 0.717) is 38.5 Å². The van der Waals surface area contributed by atoms with Crippen LogP contribution in [0.5, 0.6) is 11.5 Å². The number of carboxylic acid groups (broad SMARTS) is 1. The van der Waals surface area contributed by atoms with E-state index in [0.717, 1.165) is 60.8 Å². The molecule has 3 N–H and O–H groups in total. The minimum absolute atomic E-state index is 0.0715. The predicted octanol–water partition coefficient (Wildman–Crippen LogP) is 8.59. The molecule has 0 atom stereocenters. The Bertz CT molecular complexity index is 1440. The van der Waals surface area contributed by atoms with E-state index >= 15 is 0 Å². The van der Waals surface area contributed by atoms with E-state index < -0.39 is 17.5 Å². The fourth-order valence-electron chi connectivity index (χ4n) is 6.26. The number of hydrogen-bond donors (Lipinski definition) is 3. The van der Waals surface area contributed by atoms with Crippen molar-refractivity contribution in [2.75, 3.05) is 0 Å². The first-order valence-corrected chi connectivity index (χ1v) is 15.8. The highest BCUT2D eigenvalue weighted by Crippen LogP contribution is 2.57. The number of phenolic OH excluding ortho intramolecular Hbond substituents is 2. The molecule has 8 heteroatoms. The Morgan fingerprint density at radius 2 is 1.27 bits per heavy atom. The fourth-order valence-corrected chi connectivity index (χ4v) is 7.21. The maximum absolute atomic E-state index is 13.8. The van der Waals surface area contributed by atoms with E-state index in [4.69, 9.17) is 4.74 Å². The SMILES string of the molecule is CCCc1cc(Br)c(O)c(C2(c3c(O)c(Br)cc(CCC)c3CCC)OC(=O)c3c(C(=O)O)cccc32)c1CCC. The van der Waals surface area contributed by atoms with Crippen LogP contribution in [0.4, 0.5) is 0 Å². The molecule has 0 spiro atoms. The standard InChI is InChI=1S/C33H36Br2O6/c1-5-10-18-16-24(34)29(36)27(20(18)12-7-3)33(23-15-9-14-22(31(38)39)26(23)32(40)41-33)28-21(13-8-4)19(11-6-2)17-25(35)30(28)37/h9,14-17,36-37H,5-8,10-13H2,1-4H3,(H,38,39). The number of carbonyl (C=O) groups is 2. The van der Waals surface area contributed by atoms with Crippen LogP contribution in [0.25, 0.3) is 0 Å². The Balaban J connectivity index is 2.34. The number of hydrogen-bond acceptors (Lipinski definition) is 5. The predicted molar refractivity (Wildman–Crippen MR) is 166 cm³/mol. The third kappa shape index (κ3) is 5.18. The van der Waals surface area contributed by atoms with Crippen molar-refractivity contribution in [1.29, 1.82) is 0 Å². The molecule has 1 aliphatic rings. The summed E-state index contributed by atoms with van der Waals surface area (Å²) in [5.41, 5.74) is 2.61. The van der Waals surface area contributed by atoms with Gasteiger partial charge in [0.1, 0.15) is 11.5 Å². The van der Waals surface area contributed by atoms with Gasteiger partial charge in [-0.3, -0.25) is 0 Å². The Kier molecular flexibility index (Phi) is 9.54. The minimum atomic E-state index is -1.79. The largest absolute Gasteiger partial charge is 0.506 e. The second-order valence-electron chi connectivity index (χ2n) is 10.5. The lowest BCUT2D eigenvalue weighted by Crippen LogP contribution is -2.33. The summed E-state index contributed by atoms with van der Waals surface area (Å²) in [6, 6.07) is 8.45. The van der Waals surface area contributed by atoms with E-state index in [1.165, 1.54) is 6.07 Å². The Labute approximate surface area is 258 Å². The average Bonchev–Trinajstić information content (AvgIpc) is 3.23. The van der Waals surface area contributed by atoms with Crippen molar-refractivity contribution >= 4 is 43.8 Å². The molecule has 0 unspecified atom stereocenters. The average molecular weight is 688 g/mol. The van der Waals surface area contributed by atoms with Crippen molar-refractivity contribution < 1.29 is 29.6 Å². The van der Waals surface area contributed by atoms with Crippen LogP contribution in [0.3, 0.4) is 0 Å². The highest BCUT2D eigenvalue weighted by molar-refractivity contribution is 9.10. The number of carbonyl (C=O) groups excluding carboxylic acids is 1. The number of aromatic carboxylic acids is 1. The number of halogens is 2. The van der Waals surface area contributed by atoms with E-state index in [1.54, 1.807) is 12.1 Å². The van der Waals surface area contributed by atoms with Gasteiger partial charge in [-0.2, -0.15) is 0 Å². The summed E-state index contributed by atoms with van der Waals surface area (Å²) < 4.78 is 7.31. The van der Waals surface area contributed by atoms with Crippen LogP contribution in [0.2, 0.25) is 0 Å². The molecular formula is C33H36Br2O6. The highest BCUT2D eigenvalue weighted by atomic mass is 79.9. The summed E-state index contributed by atoms with van der Waals surface area (Å²) >= 11 is 7.11. The molecule has 0 aliphatic carbocycles. The smallest absolute Gasteiger partial charge is 0.341 e. The zero-order chi connectivity index (χ0) is 30.1. The first-order valence-electron chi connectivity index (χ1n) is 14.3. The van der Waals surface area contributed by atoms with Gasteiger partial charge >= 0.3 is 11.9 Å². The van der Waals surface area contributed by atoms with Crippen molar-refractivity contribution in [3.05, 3.63) is 89.3 Å². The quantitative estimate of drug-likeness (QED) is 0.175. The lowest BCUT2D eigenvalue weighted by atomic mass is 9.72. The third-order valence-corrected chi connectivity index (χ3v) is 8.98. The molecule has 4 rings (SSSR count). The van der Waals surface area contributed by atoms with Crippen LogP contribution in [0.15, 0.2) is 39.3 Å². The van der Waals surface area contributed by atoms with Crippen molar-refractivity contribution in [1.82, 2.24) is 0 Å². The van der Waals surface area contributed by atoms with Gasteiger partial charge < -0.3 is 20.1 Å². The molecule has 41 heavy (non-hydrogen) atoms. The molecule has 3 aromatic carbocycles. The van der Waals surface area contributed by atoms with Crippen LogP contribution in [0, 0.1) is 0 Å².